The smallest absolute Gasteiger partial charge is 0.162 e. The van der Waals surface area contributed by atoms with Crippen LogP contribution in [0.3, 0.4) is 0 Å². The molecule has 0 atom stereocenters. The van der Waals surface area contributed by atoms with E-state index in [1.165, 1.54) is 0 Å². The highest BCUT2D eigenvalue weighted by Gasteiger charge is 2.15. The van der Waals surface area contributed by atoms with Gasteiger partial charge in [0.1, 0.15) is 0 Å². The van der Waals surface area contributed by atoms with E-state index >= 15 is 0 Å². The minimum atomic E-state index is 0.0176. The second-order valence-electron chi connectivity index (χ2n) is 4.68. The van der Waals surface area contributed by atoms with Gasteiger partial charge in [0.2, 0.25) is 0 Å². The Labute approximate surface area is 110 Å². The fraction of sp³-hybridized carbons (Fsp3) is 0.125. The number of rotatable bonds is 2. The van der Waals surface area contributed by atoms with Crippen LogP contribution in [0.2, 0.25) is 0 Å². The van der Waals surface area contributed by atoms with Crippen LogP contribution in [0.4, 0.5) is 0 Å². The Kier molecular flexibility index (Phi) is 2.49. The number of carbonyl (C=O) groups is 2. The number of para-hydroxylation sites is 1. The molecule has 0 radical (unpaired) electrons. The van der Waals surface area contributed by atoms with Crippen molar-refractivity contribution in [3.63, 3.8) is 0 Å². The van der Waals surface area contributed by atoms with Crippen molar-refractivity contribution in [2.24, 2.45) is 0 Å². The molecular formula is C16H13NO2. The van der Waals surface area contributed by atoms with Gasteiger partial charge in [-0.05, 0) is 32.0 Å². The van der Waals surface area contributed by atoms with Crippen molar-refractivity contribution >= 4 is 28.0 Å². The maximum absolute atomic E-state index is 11.9. The first kappa shape index (κ1) is 11.7. The van der Waals surface area contributed by atoms with E-state index in [0.29, 0.717) is 11.1 Å². The summed E-state index contributed by atoms with van der Waals surface area (Å²) < 4.78 is 1.92. The maximum Gasteiger partial charge on any atom is 0.162 e. The predicted octanol–water partition coefficient (Wildman–Crippen LogP) is 3.50. The van der Waals surface area contributed by atoms with E-state index in [0.717, 1.165) is 16.4 Å². The standard InChI is InChI=1S/C16H13NO2/c1-10(18)12-7-8-15-16(11(2)19)13-5-3-4-6-14(13)17(15)9-12/h3-9H,1-2H3. The molecule has 3 nitrogen and oxygen atoms in total. The van der Waals surface area contributed by atoms with Gasteiger partial charge in [-0.2, -0.15) is 0 Å². The van der Waals surface area contributed by atoms with Gasteiger partial charge in [0.15, 0.2) is 11.6 Å². The lowest BCUT2D eigenvalue weighted by molar-refractivity contribution is 0.101. The van der Waals surface area contributed by atoms with Crippen LogP contribution in [0.15, 0.2) is 42.6 Å². The zero-order valence-electron chi connectivity index (χ0n) is 10.8. The Balaban J connectivity index is 2.52. The number of nitrogens with zero attached hydrogens (tertiary/aromatic N) is 1. The summed E-state index contributed by atoms with van der Waals surface area (Å²) >= 11 is 0. The van der Waals surface area contributed by atoms with E-state index in [4.69, 9.17) is 0 Å². The summed E-state index contributed by atoms with van der Waals surface area (Å²) in [6.07, 6.45) is 1.80. The van der Waals surface area contributed by atoms with Crippen molar-refractivity contribution in [2.75, 3.05) is 0 Å². The van der Waals surface area contributed by atoms with E-state index in [1.807, 2.05) is 34.7 Å². The van der Waals surface area contributed by atoms with E-state index in [2.05, 4.69) is 0 Å². The van der Waals surface area contributed by atoms with Gasteiger partial charge < -0.3 is 4.40 Å². The Morgan fingerprint density at radius 2 is 1.63 bits per heavy atom. The molecule has 0 saturated heterocycles. The highest BCUT2D eigenvalue weighted by atomic mass is 16.1. The molecule has 2 aromatic heterocycles. The lowest BCUT2D eigenvalue weighted by atomic mass is 10.1. The average Bonchev–Trinajstić information content (AvgIpc) is 2.72. The molecule has 1 aromatic carbocycles. The van der Waals surface area contributed by atoms with Gasteiger partial charge in [0, 0.05) is 17.1 Å². The van der Waals surface area contributed by atoms with Gasteiger partial charge >= 0.3 is 0 Å². The molecule has 19 heavy (non-hydrogen) atoms. The third-order valence-electron chi connectivity index (χ3n) is 3.40. The van der Waals surface area contributed by atoms with Crippen molar-refractivity contribution in [3.8, 4) is 0 Å². The topological polar surface area (TPSA) is 38.5 Å². The first-order chi connectivity index (χ1) is 9.09. The number of hydrogen-bond donors (Lipinski definition) is 0. The Hall–Kier alpha value is -2.42. The van der Waals surface area contributed by atoms with Crippen LogP contribution in [0, 0.1) is 0 Å². The van der Waals surface area contributed by atoms with Crippen LogP contribution in [0.25, 0.3) is 16.4 Å². The maximum atomic E-state index is 11.9. The molecule has 3 rings (SSSR count). The normalized spacial score (nSPS) is 11.1. The van der Waals surface area contributed by atoms with Crippen molar-refractivity contribution in [1.29, 1.82) is 0 Å². The monoisotopic (exact) mass is 251 g/mol. The SMILES string of the molecule is CC(=O)c1ccc2c(C(C)=O)c3ccccc3n2c1. The van der Waals surface area contributed by atoms with Gasteiger partial charge in [-0.25, -0.2) is 0 Å². The first-order valence-electron chi connectivity index (χ1n) is 6.14. The third-order valence-corrected chi connectivity index (χ3v) is 3.40. The molecule has 2 heterocycles. The lowest BCUT2D eigenvalue weighted by Crippen LogP contribution is -1.97. The molecule has 0 N–H and O–H groups in total. The number of carbonyl (C=O) groups excluding carboxylic acids is 2. The van der Waals surface area contributed by atoms with E-state index in [-0.39, 0.29) is 11.6 Å². The Morgan fingerprint density at radius 1 is 0.895 bits per heavy atom. The molecule has 0 saturated carbocycles. The van der Waals surface area contributed by atoms with Crippen LogP contribution in [0.5, 0.6) is 0 Å². The average molecular weight is 251 g/mol. The summed E-state index contributed by atoms with van der Waals surface area (Å²) in [6.45, 7) is 3.11. The first-order valence-corrected chi connectivity index (χ1v) is 6.14. The second-order valence-corrected chi connectivity index (χ2v) is 4.68. The summed E-state index contributed by atoms with van der Waals surface area (Å²) in [4.78, 5) is 23.4. The van der Waals surface area contributed by atoms with Gasteiger partial charge in [0.25, 0.3) is 0 Å². The highest BCUT2D eigenvalue weighted by Crippen LogP contribution is 2.27. The molecule has 0 fully saturated rings. The largest absolute Gasteiger partial charge is 0.315 e. The number of Topliss-reactive ketones (excluding diaryl/α,β-unsaturated/α-hetero) is 2. The van der Waals surface area contributed by atoms with Gasteiger partial charge in [-0.15, -0.1) is 0 Å². The number of ketones is 2. The third kappa shape index (κ3) is 1.66. The van der Waals surface area contributed by atoms with Crippen molar-refractivity contribution in [2.45, 2.75) is 13.8 Å². The number of pyridine rings is 1. The predicted molar refractivity (Wildman–Crippen MR) is 74.9 cm³/mol. The molecule has 0 aliphatic heterocycles. The minimum absolute atomic E-state index is 0.0176. The highest BCUT2D eigenvalue weighted by molar-refractivity contribution is 6.14. The second kappa shape index (κ2) is 4.05. The quantitative estimate of drug-likeness (QED) is 0.654. The lowest BCUT2D eigenvalue weighted by Gasteiger charge is -2.00. The van der Waals surface area contributed by atoms with Crippen LogP contribution in [-0.4, -0.2) is 16.0 Å². The summed E-state index contributed by atoms with van der Waals surface area (Å²) in [5.74, 6) is 0.0540. The number of benzene rings is 1. The Morgan fingerprint density at radius 3 is 2.32 bits per heavy atom. The molecule has 0 bridgehead atoms. The summed E-state index contributed by atoms with van der Waals surface area (Å²) in [5, 5.41) is 0.927. The van der Waals surface area contributed by atoms with E-state index < -0.39 is 0 Å². The Bertz CT molecular complexity index is 827. The van der Waals surface area contributed by atoms with Crippen LogP contribution in [0.1, 0.15) is 34.6 Å². The molecule has 94 valence electrons. The minimum Gasteiger partial charge on any atom is -0.315 e. The van der Waals surface area contributed by atoms with E-state index in [1.54, 1.807) is 26.1 Å². The summed E-state index contributed by atoms with van der Waals surface area (Å²) in [6, 6.07) is 11.3. The summed E-state index contributed by atoms with van der Waals surface area (Å²) in [5.41, 5.74) is 3.15. The number of fused-ring (bicyclic) bond motifs is 3. The van der Waals surface area contributed by atoms with Crippen molar-refractivity contribution in [1.82, 2.24) is 4.40 Å². The van der Waals surface area contributed by atoms with Crippen LogP contribution < -0.4 is 0 Å². The molecule has 0 aliphatic rings. The van der Waals surface area contributed by atoms with Gasteiger partial charge in [-0.1, -0.05) is 18.2 Å². The molecule has 3 heteroatoms. The van der Waals surface area contributed by atoms with Crippen molar-refractivity contribution in [3.05, 3.63) is 53.7 Å². The summed E-state index contributed by atoms with van der Waals surface area (Å²) in [7, 11) is 0. The molecule has 0 aliphatic carbocycles. The fourth-order valence-corrected chi connectivity index (χ4v) is 2.52. The van der Waals surface area contributed by atoms with Crippen LogP contribution >= 0.6 is 0 Å². The molecular weight excluding hydrogens is 238 g/mol. The zero-order chi connectivity index (χ0) is 13.6. The zero-order valence-corrected chi connectivity index (χ0v) is 10.8. The molecule has 0 spiro atoms. The molecule has 0 unspecified atom stereocenters. The van der Waals surface area contributed by atoms with Crippen molar-refractivity contribution < 1.29 is 9.59 Å². The fourth-order valence-electron chi connectivity index (χ4n) is 2.52. The number of aromatic nitrogens is 1. The van der Waals surface area contributed by atoms with Gasteiger partial charge in [-0.3, -0.25) is 9.59 Å². The van der Waals surface area contributed by atoms with Crippen LogP contribution in [-0.2, 0) is 0 Å². The molecule has 0 amide bonds. The molecule has 3 aromatic rings. The number of hydrogen-bond acceptors (Lipinski definition) is 2. The van der Waals surface area contributed by atoms with E-state index in [9.17, 15) is 9.59 Å². The van der Waals surface area contributed by atoms with Gasteiger partial charge in [0.05, 0.1) is 16.6 Å².